The van der Waals surface area contributed by atoms with E-state index in [1.165, 1.54) is 19.3 Å². The molecular formula is C20H25ClN2O3. The average Bonchev–Trinajstić information content (AvgIpc) is 3.02. The van der Waals surface area contributed by atoms with Gasteiger partial charge in [0.2, 0.25) is 0 Å². The maximum atomic E-state index is 12.6. The minimum absolute atomic E-state index is 0.223. The number of hydrogen-bond acceptors (Lipinski definition) is 4. The summed E-state index contributed by atoms with van der Waals surface area (Å²) in [5.74, 6) is 0.838. The van der Waals surface area contributed by atoms with E-state index in [4.69, 9.17) is 20.9 Å². The molecule has 6 heteroatoms. The van der Waals surface area contributed by atoms with Gasteiger partial charge >= 0.3 is 0 Å². The monoisotopic (exact) mass is 376 g/mol. The van der Waals surface area contributed by atoms with Gasteiger partial charge in [0.25, 0.3) is 5.91 Å². The van der Waals surface area contributed by atoms with Crippen LogP contribution < -0.4 is 5.32 Å². The minimum Gasteiger partial charge on any atom is -0.376 e. The molecule has 0 radical (unpaired) electrons. The first-order chi connectivity index (χ1) is 12.6. The van der Waals surface area contributed by atoms with Gasteiger partial charge in [-0.25, -0.2) is 0 Å². The van der Waals surface area contributed by atoms with Crippen LogP contribution >= 0.6 is 11.6 Å². The maximum absolute atomic E-state index is 12.6. The number of rotatable bonds is 6. The van der Waals surface area contributed by atoms with E-state index in [0.717, 1.165) is 6.42 Å². The molecule has 1 aromatic carbocycles. The molecule has 0 saturated heterocycles. The number of aromatic nitrogens is 1. The van der Waals surface area contributed by atoms with Crippen LogP contribution in [0.4, 0.5) is 0 Å². The highest BCUT2D eigenvalue weighted by molar-refractivity contribution is 6.33. The van der Waals surface area contributed by atoms with Crippen molar-refractivity contribution in [1.29, 1.82) is 0 Å². The summed E-state index contributed by atoms with van der Waals surface area (Å²) in [5, 5.41) is 7.46. The van der Waals surface area contributed by atoms with E-state index in [1.54, 1.807) is 13.0 Å². The molecule has 1 aromatic heterocycles. The second kappa shape index (κ2) is 8.69. The van der Waals surface area contributed by atoms with E-state index in [1.807, 2.05) is 18.2 Å². The number of nitrogens with one attached hydrogen (secondary N) is 1. The van der Waals surface area contributed by atoms with Crippen molar-refractivity contribution in [2.24, 2.45) is 5.92 Å². The third kappa shape index (κ3) is 4.27. The summed E-state index contributed by atoms with van der Waals surface area (Å²) in [6, 6.07) is 7.28. The van der Waals surface area contributed by atoms with Crippen LogP contribution in [0.5, 0.6) is 0 Å². The lowest BCUT2D eigenvalue weighted by Gasteiger charge is -2.28. The Morgan fingerprint density at radius 1 is 1.35 bits per heavy atom. The number of nitrogens with zero attached hydrogens (tertiary/aromatic N) is 1. The van der Waals surface area contributed by atoms with E-state index in [-0.39, 0.29) is 5.91 Å². The molecule has 2 atom stereocenters. The molecule has 2 unspecified atom stereocenters. The third-order valence-electron chi connectivity index (χ3n) is 4.97. The number of amides is 1. The topological polar surface area (TPSA) is 64.4 Å². The first kappa shape index (κ1) is 18.9. The van der Waals surface area contributed by atoms with Gasteiger partial charge < -0.3 is 14.6 Å². The lowest BCUT2D eigenvalue weighted by Crippen LogP contribution is -2.32. The van der Waals surface area contributed by atoms with Crippen LogP contribution in [0.15, 0.2) is 28.8 Å². The fourth-order valence-electron chi connectivity index (χ4n) is 3.47. The zero-order chi connectivity index (χ0) is 18.5. The summed E-state index contributed by atoms with van der Waals surface area (Å²) < 4.78 is 11.2. The number of carbonyl (C=O) groups is 1. The van der Waals surface area contributed by atoms with Crippen LogP contribution in [-0.2, 0) is 4.74 Å². The van der Waals surface area contributed by atoms with Crippen LogP contribution in [0, 0.1) is 12.8 Å². The summed E-state index contributed by atoms with van der Waals surface area (Å²) in [6.07, 6.45) is 5.14. The number of halogens is 1. The summed E-state index contributed by atoms with van der Waals surface area (Å²) in [6.45, 7) is 4.92. The summed E-state index contributed by atoms with van der Waals surface area (Å²) >= 11 is 6.24. The van der Waals surface area contributed by atoms with E-state index < -0.39 is 0 Å². The minimum atomic E-state index is -0.223. The van der Waals surface area contributed by atoms with Crippen molar-refractivity contribution in [3.05, 3.63) is 40.6 Å². The Morgan fingerprint density at radius 3 is 2.88 bits per heavy atom. The second-order valence-electron chi connectivity index (χ2n) is 6.87. The molecule has 1 N–H and O–H groups in total. The van der Waals surface area contributed by atoms with Gasteiger partial charge in [-0.15, -0.1) is 0 Å². The van der Waals surface area contributed by atoms with Crippen LogP contribution in [-0.4, -0.2) is 30.3 Å². The Balaban J connectivity index is 1.60. The largest absolute Gasteiger partial charge is 0.376 e. The highest BCUT2D eigenvalue weighted by atomic mass is 35.5. The fourth-order valence-corrected chi connectivity index (χ4v) is 3.69. The number of ether oxygens (including phenoxy) is 1. The molecule has 1 amide bonds. The molecule has 1 aliphatic carbocycles. The molecule has 2 aromatic rings. The Morgan fingerprint density at radius 2 is 2.12 bits per heavy atom. The number of aryl methyl sites for hydroxylation is 1. The van der Waals surface area contributed by atoms with Crippen LogP contribution in [0.25, 0.3) is 11.3 Å². The molecule has 0 spiro atoms. The van der Waals surface area contributed by atoms with Crippen molar-refractivity contribution < 1.29 is 14.1 Å². The molecule has 1 saturated carbocycles. The third-order valence-corrected chi connectivity index (χ3v) is 5.30. The predicted molar refractivity (Wildman–Crippen MR) is 101 cm³/mol. The number of carbonyl (C=O) groups excluding carboxylic acids is 1. The van der Waals surface area contributed by atoms with Crippen molar-refractivity contribution >= 4 is 17.5 Å². The predicted octanol–water partition coefficient (Wildman–Crippen LogP) is 4.63. The van der Waals surface area contributed by atoms with Gasteiger partial charge in [-0.2, -0.15) is 0 Å². The van der Waals surface area contributed by atoms with Gasteiger partial charge in [0.05, 0.1) is 17.7 Å². The van der Waals surface area contributed by atoms with Gasteiger partial charge in [0, 0.05) is 12.1 Å². The molecular weight excluding hydrogens is 352 g/mol. The van der Waals surface area contributed by atoms with Crippen molar-refractivity contribution in [1.82, 2.24) is 10.5 Å². The highest BCUT2D eigenvalue weighted by Gasteiger charge is 2.24. The molecule has 0 bridgehead atoms. The SMILES string of the molecule is Cc1onc(-c2ccccc2Cl)c1C(=O)NCCOC1CCCCC1C. The smallest absolute Gasteiger partial charge is 0.257 e. The van der Waals surface area contributed by atoms with Gasteiger partial charge in [-0.3, -0.25) is 4.79 Å². The zero-order valence-electron chi connectivity index (χ0n) is 15.3. The number of hydrogen-bond donors (Lipinski definition) is 1. The van der Waals surface area contributed by atoms with Crippen molar-refractivity contribution in [2.45, 2.75) is 45.6 Å². The van der Waals surface area contributed by atoms with Crippen LogP contribution in [0.2, 0.25) is 5.02 Å². The van der Waals surface area contributed by atoms with Crippen molar-refractivity contribution in [3.63, 3.8) is 0 Å². The van der Waals surface area contributed by atoms with Crippen molar-refractivity contribution in [2.75, 3.05) is 13.2 Å². The number of benzene rings is 1. The quantitative estimate of drug-likeness (QED) is 0.746. The molecule has 3 rings (SSSR count). The van der Waals surface area contributed by atoms with E-state index in [2.05, 4.69) is 17.4 Å². The standard InChI is InChI=1S/C20H25ClN2O3/c1-13-7-3-6-10-17(13)25-12-11-22-20(24)18-14(2)26-23-19(18)15-8-4-5-9-16(15)21/h4-5,8-9,13,17H,3,6-7,10-12H2,1-2H3,(H,22,24). The van der Waals surface area contributed by atoms with E-state index >= 15 is 0 Å². The van der Waals surface area contributed by atoms with E-state index in [9.17, 15) is 4.79 Å². The van der Waals surface area contributed by atoms with Gasteiger partial charge in [-0.1, -0.05) is 54.7 Å². The molecule has 0 aliphatic heterocycles. The molecule has 26 heavy (non-hydrogen) atoms. The Labute approximate surface area is 159 Å². The fraction of sp³-hybridized carbons (Fsp3) is 0.500. The Hall–Kier alpha value is -1.85. The first-order valence-electron chi connectivity index (χ1n) is 9.19. The molecule has 1 fully saturated rings. The van der Waals surface area contributed by atoms with E-state index in [0.29, 0.717) is 52.8 Å². The normalized spacial score (nSPS) is 20.1. The molecule has 1 aliphatic rings. The highest BCUT2D eigenvalue weighted by Crippen LogP contribution is 2.31. The molecule has 5 nitrogen and oxygen atoms in total. The lowest BCUT2D eigenvalue weighted by atomic mass is 9.88. The Kier molecular flexibility index (Phi) is 6.33. The lowest BCUT2D eigenvalue weighted by molar-refractivity contribution is -0.00294. The summed E-state index contributed by atoms with van der Waals surface area (Å²) in [7, 11) is 0. The van der Waals surface area contributed by atoms with Gasteiger partial charge in [-0.05, 0) is 31.7 Å². The zero-order valence-corrected chi connectivity index (χ0v) is 16.0. The van der Waals surface area contributed by atoms with Gasteiger partial charge in [0.1, 0.15) is 17.0 Å². The summed E-state index contributed by atoms with van der Waals surface area (Å²) in [4.78, 5) is 12.6. The molecule has 1 heterocycles. The van der Waals surface area contributed by atoms with Crippen LogP contribution in [0.3, 0.4) is 0 Å². The van der Waals surface area contributed by atoms with Crippen LogP contribution in [0.1, 0.15) is 48.7 Å². The van der Waals surface area contributed by atoms with Crippen molar-refractivity contribution in [3.8, 4) is 11.3 Å². The Bertz CT molecular complexity index is 759. The molecule has 140 valence electrons. The average molecular weight is 377 g/mol. The second-order valence-corrected chi connectivity index (χ2v) is 7.28. The maximum Gasteiger partial charge on any atom is 0.257 e. The summed E-state index contributed by atoms with van der Waals surface area (Å²) in [5.41, 5.74) is 1.57. The first-order valence-corrected chi connectivity index (χ1v) is 9.56. The van der Waals surface area contributed by atoms with Gasteiger partial charge in [0.15, 0.2) is 0 Å².